The molecular weight excluding hydrogens is 1410 g/mol. The van der Waals surface area contributed by atoms with E-state index in [0.29, 0.717) is 44.6 Å². The van der Waals surface area contributed by atoms with Crippen molar-refractivity contribution in [2.45, 2.75) is 157 Å². The van der Waals surface area contributed by atoms with Crippen molar-refractivity contribution in [1.82, 2.24) is 0 Å². The minimum atomic E-state index is -0.00847. The maximum Gasteiger partial charge on any atom is 0.205 e. The number of carbonyl (C=O) groups excluding carboxylic acids is 2. The van der Waals surface area contributed by atoms with Gasteiger partial charge < -0.3 is 0 Å². The molecule has 14 aromatic rings. The Kier molecular flexibility index (Phi) is 29.1. The van der Waals surface area contributed by atoms with Crippen molar-refractivity contribution in [3.05, 3.63) is 202 Å². The smallest absolute Gasteiger partial charge is 0.205 e. The third kappa shape index (κ3) is 19.4. The lowest BCUT2D eigenvalue weighted by Gasteiger charge is -2.10. The first-order valence-electron chi connectivity index (χ1n) is 33.1. The molecule has 12 heterocycles. The van der Waals surface area contributed by atoms with Crippen LogP contribution < -0.4 is 0 Å². The van der Waals surface area contributed by atoms with Crippen LogP contribution in [0.4, 0.5) is 0 Å². The summed E-state index contributed by atoms with van der Waals surface area (Å²) in [5.41, 5.74) is 6.93. The maximum absolute atomic E-state index is 11.8. The van der Waals surface area contributed by atoms with Gasteiger partial charge in [-0.1, -0.05) is 129 Å². The second-order valence-corrected chi connectivity index (χ2v) is 39.4. The molecule has 0 radical (unpaired) electrons. The van der Waals surface area contributed by atoms with E-state index in [1.54, 1.807) is 34.2 Å². The first-order valence-corrected chi connectivity index (χ1v) is 43.4. The molecule has 2 aromatic carbocycles. The number of carbonyl (C=O) groups is 2. The van der Waals surface area contributed by atoms with Gasteiger partial charge in [0.15, 0.2) is 0 Å². The minimum absolute atomic E-state index is 0. The number of ketones is 2. The van der Waals surface area contributed by atoms with E-state index in [1.165, 1.54) is 152 Å². The van der Waals surface area contributed by atoms with Gasteiger partial charge in [0.25, 0.3) is 0 Å². The molecule has 1 aliphatic carbocycles. The quantitative estimate of drug-likeness (QED) is 0.103. The molecule has 12 aromatic heterocycles. The van der Waals surface area contributed by atoms with E-state index in [4.69, 9.17) is 0 Å². The largest absolute Gasteiger partial charge is 0.288 e. The summed E-state index contributed by atoms with van der Waals surface area (Å²) >= 11 is 21.9. The molecule has 0 bridgehead atoms. The van der Waals surface area contributed by atoms with Crippen LogP contribution in [0, 0.1) is 49.4 Å². The molecular formula is C83H96O2S12. The van der Waals surface area contributed by atoms with E-state index in [0.717, 1.165) is 37.5 Å². The van der Waals surface area contributed by atoms with Crippen LogP contribution in [0.3, 0.4) is 0 Å². The van der Waals surface area contributed by atoms with Gasteiger partial charge in [0.2, 0.25) is 11.6 Å². The van der Waals surface area contributed by atoms with Crippen LogP contribution in [0.5, 0.6) is 0 Å². The van der Waals surface area contributed by atoms with Gasteiger partial charge in [-0.2, -0.15) is 11.3 Å². The minimum Gasteiger partial charge on any atom is -0.288 e. The topological polar surface area (TPSA) is 34.1 Å². The second kappa shape index (κ2) is 36.2. The Hall–Kier alpha value is -4.78. The summed E-state index contributed by atoms with van der Waals surface area (Å²) in [6.07, 6.45) is 7.19. The molecule has 0 saturated carbocycles. The van der Waals surface area contributed by atoms with Gasteiger partial charge in [-0.25, -0.2) is 0 Å². The third-order valence-electron chi connectivity index (χ3n) is 15.8. The van der Waals surface area contributed by atoms with E-state index in [-0.39, 0.29) is 26.4 Å². The van der Waals surface area contributed by atoms with Crippen molar-refractivity contribution in [3.8, 4) is 41.8 Å². The lowest BCUT2D eigenvalue weighted by atomic mass is 9.96. The molecule has 0 spiro atoms. The van der Waals surface area contributed by atoms with Crippen LogP contribution in [-0.4, -0.2) is 11.6 Å². The Balaban J connectivity index is 0.000000168. The SMILES string of the molecule is C.C.CC(C)Cc1ccc(-c2c3ccsc3c(-c3ccc(CC(C)C)s3)c3ccsc23)s1.CC(C)Cc1cccs1.CCC(C)C.Cc1cc2c(-c3ccc(CC(C)C)s3)c3sc(C)cc3c(-c3ccc(CC(C)C)s3)c2s1.O=C1c2ccsc2C(=O)c2ccsc21.c1ccsc1. The standard InChI is InChI=1S/C28H30S4.C26H26S4.C10H4O2S2.C8H12S.C5H12.C4H4S.2CH4/c1-15(2)11-19-7-9-23(31-19)25-21-13-17(5)30-28(21)26(22-14-18(6)29-27(22)25)24-10-8-20(32-24)12-16(3)4;1-15(2)13-17-5-7-21(29-17)23-19-9-11-28-26(19)24(20-10-12-27-25(20)23)22-8-6-18(30-22)14-16(3)4;11-7-5-1-3-13-9(5)8(12)6-2-4-14-10(6)7;1-7(2)6-8-4-3-5-9-8;1-4-5(2)3;1-2-4-5-3-1;;/h7-10,13-16H,11-12H2,1-6H3;5-12,15-16H,13-14H2,1-4H3;1-4H;3-5,7H,6H2,1-2H3;5H,4H2,1-3H3;1-4H;2*1H4. The van der Waals surface area contributed by atoms with E-state index >= 15 is 0 Å². The number of rotatable bonds is 15. The molecule has 2 nitrogen and oxygen atoms in total. The summed E-state index contributed by atoms with van der Waals surface area (Å²) in [5.74, 6) is 4.43. The van der Waals surface area contributed by atoms with Gasteiger partial charge in [0.1, 0.15) is 0 Å². The van der Waals surface area contributed by atoms with Crippen molar-refractivity contribution in [3.63, 3.8) is 0 Å². The molecule has 0 unspecified atom stereocenters. The van der Waals surface area contributed by atoms with Crippen LogP contribution >= 0.6 is 136 Å². The Morgan fingerprint density at radius 1 is 0.320 bits per heavy atom. The highest BCUT2D eigenvalue weighted by atomic mass is 32.1. The highest BCUT2D eigenvalue weighted by molar-refractivity contribution is 7.24. The van der Waals surface area contributed by atoms with E-state index in [2.05, 4.69) is 205 Å². The Labute approximate surface area is 627 Å². The van der Waals surface area contributed by atoms with Gasteiger partial charge in [-0.05, 0) is 210 Å². The fraction of sp³-hybridized carbons (Fsp3) is 0.349. The Morgan fingerprint density at radius 3 is 0.948 bits per heavy atom. The zero-order chi connectivity index (χ0) is 67.6. The molecule has 97 heavy (non-hydrogen) atoms. The summed E-state index contributed by atoms with van der Waals surface area (Å²) in [6.45, 7) is 34.1. The predicted molar refractivity (Wildman–Crippen MR) is 453 cm³/mol. The van der Waals surface area contributed by atoms with Crippen LogP contribution in [0.2, 0.25) is 0 Å². The monoisotopic (exact) mass is 1510 g/mol. The summed E-state index contributed by atoms with van der Waals surface area (Å²) in [7, 11) is 0. The van der Waals surface area contributed by atoms with Gasteiger partial charge in [-0.15, -0.1) is 125 Å². The molecule has 0 amide bonds. The highest BCUT2D eigenvalue weighted by Gasteiger charge is 2.32. The van der Waals surface area contributed by atoms with E-state index in [9.17, 15) is 9.59 Å². The van der Waals surface area contributed by atoms with Crippen molar-refractivity contribution >= 4 is 188 Å². The van der Waals surface area contributed by atoms with E-state index < -0.39 is 0 Å². The van der Waals surface area contributed by atoms with Crippen molar-refractivity contribution in [1.29, 1.82) is 0 Å². The normalized spacial score (nSPS) is 11.7. The van der Waals surface area contributed by atoms with E-state index in [1.807, 2.05) is 125 Å². The summed E-state index contributed by atoms with van der Waals surface area (Å²) < 4.78 is 5.79. The van der Waals surface area contributed by atoms with Crippen molar-refractivity contribution < 1.29 is 9.59 Å². The predicted octanol–water partition coefficient (Wildman–Crippen LogP) is 31.2. The number of fused-ring (bicyclic) bond motifs is 6. The first-order chi connectivity index (χ1) is 45.6. The fourth-order valence-electron chi connectivity index (χ4n) is 11.4. The number of hydrogen-bond donors (Lipinski definition) is 0. The lowest BCUT2D eigenvalue weighted by Crippen LogP contribution is -2.15. The molecule has 0 N–H and O–H groups in total. The summed E-state index contributed by atoms with van der Waals surface area (Å²) in [6, 6.07) is 40.1. The lowest BCUT2D eigenvalue weighted by molar-refractivity contribution is 0.0986. The molecule has 512 valence electrons. The van der Waals surface area contributed by atoms with Crippen molar-refractivity contribution in [2.24, 2.45) is 35.5 Å². The van der Waals surface area contributed by atoms with Crippen LogP contribution in [-0.2, 0) is 32.1 Å². The zero-order valence-corrected chi connectivity index (χ0v) is 67.2. The second-order valence-electron chi connectivity index (χ2n) is 26.7. The van der Waals surface area contributed by atoms with Gasteiger partial charge in [0, 0.05) is 127 Å². The zero-order valence-electron chi connectivity index (χ0n) is 57.4. The van der Waals surface area contributed by atoms with Gasteiger partial charge in [-0.3, -0.25) is 9.59 Å². The fourth-order valence-corrected chi connectivity index (χ4v) is 24.0. The molecule has 1 aliphatic rings. The van der Waals surface area contributed by atoms with Crippen LogP contribution in [0.1, 0.15) is 176 Å². The maximum atomic E-state index is 11.8. The average molecular weight is 1510 g/mol. The van der Waals surface area contributed by atoms with Crippen LogP contribution in [0.15, 0.2) is 147 Å². The molecule has 14 heteroatoms. The number of aryl methyl sites for hydroxylation is 2. The number of hydrogen-bond acceptors (Lipinski definition) is 14. The Bertz CT molecular complexity index is 4300. The molecule has 0 aliphatic heterocycles. The molecule has 0 atom stereocenters. The van der Waals surface area contributed by atoms with Crippen LogP contribution in [0.25, 0.3) is 82.1 Å². The number of thiophene rings is 12. The molecule has 0 saturated heterocycles. The third-order valence-corrected chi connectivity index (χ3v) is 27.6. The summed E-state index contributed by atoms with van der Waals surface area (Å²) in [4.78, 5) is 40.8. The Morgan fingerprint density at radius 2 is 0.649 bits per heavy atom. The number of benzene rings is 2. The van der Waals surface area contributed by atoms with Gasteiger partial charge in [0.05, 0.1) is 9.75 Å². The van der Waals surface area contributed by atoms with Gasteiger partial charge >= 0.3 is 0 Å². The van der Waals surface area contributed by atoms with Crippen molar-refractivity contribution in [2.75, 3.05) is 0 Å². The molecule has 0 fully saturated rings. The molecule has 15 rings (SSSR count). The average Bonchev–Trinajstić information content (AvgIpc) is 1.62. The summed E-state index contributed by atoms with van der Waals surface area (Å²) in [5, 5.41) is 20.1. The highest BCUT2D eigenvalue weighted by Crippen LogP contribution is 2.53. The first kappa shape index (κ1) is 77.9.